The minimum atomic E-state index is -4.63. The molecule has 0 spiro atoms. The summed E-state index contributed by atoms with van der Waals surface area (Å²) in [7, 11) is 0. The highest BCUT2D eigenvalue weighted by Crippen LogP contribution is 2.36. The van der Waals surface area contributed by atoms with E-state index in [-0.39, 0.29) is 17.9 Å². The fourth-order valence-electron chi connectivity index (χ4n) is 1.71. The highest BCUT2D eigenvalue weighted by Gasteiger charge is 2.34. The molecular weight excluding hydrogens is 288 g/mol. The number of rotatable bonds is 4. The van der Waals surface area contributed by atoms with Crippen LogP contribution in [0.25, 0.3) is 0 Å². The van der Waals surface area contributed by atoms with E-state index in [1.807, 2.05) is 0 Å². The molecule has 2 aromatic rings. The first kappa shape index (κ1) is 15.0. The molecule has 0 radical (unpaired) electrons. The Labute approximate surface area is 118 Å². The van der Waals surface area contributed by atoms with E-state index in [2.05, 4.69) is 0 Å². The van der Waals surface area contributed by atoms with Crippen molar-refractivity contribution >= 4 is 6.29 Å². The van der Waals surface area contributed by atoms with Crippen LogP contribution < -0.4 is 4.74 Å². The molecule has 110 valence electrons. The Kier molecular flexibility index (Phi) is 4.26. The fraction of sp³-hybridized carbons (Fsp3) is 0.133. The predicted molar refractivity (Wildman–Crippen MR) is 67.6 cm³/mol. The molecule has 0 saturated heterocycles. The highest BCUT2D eigenvalue weighted by molar-refractivity contribution is 5.75. The third-order valence-electron chi connectivity index (χ3n) is 2.75. The van der Waals surface area contributed by atoms with Crippen LogP contribution in [0.5, 0.6) is 5.75 Å². The Morgan fingerprint density at radius 2 is 1.71 bits per heavy atom. The Hall–Kier alpha value is -2.37. The standard InChI is InChI=1S/C15H10F4O2/c16-12-4-1-10(2-5-12)9-21-14-6-3-11(8-20)7-13(14)15(17,18)19/h1-8H,9H2. The number of carbonyl (C=O) groups is 1. The van der Waals surface area contributed by atoms with Gasteiger partial charge in [-0.2, -0.15) is 13.2 Å². The number of hydrogen-bond acceptors (Lipinski definition) is 2. The van der Waals surface area contributed by atoms with Gasteiger partial charge in [-0.1, -0.05) is 12.1 Å². The first-order valence-electron chi connectivity index (χ1n) is 5.94. The molecule has 2 rings (SSSR count). The summed E-state index contributed by atoms with van der Waals surface area (Å²) in [5.74, 6) is -0.817. The number of alkyl halides is 3. The van der Waals surface area contributed by atoms with Crippen LogP contribution in [0.2, 0.25) is 0 Å². The second-order valence-electron chi connectivity index (χ2n) is 4.29. The smallest absolute Gasteiger partial charge is 0.419 e. The van der Waals surface area contributed by atoms with Gasteiger partial charge in [-0.05, 0) is 35.9 Å². The van der Waals surface area contributed by atoms with Gasteiger partial charge >= 0.3 is 6.18 Å². The van der Waals surface area contributed by atoms with Crippen molar-refractivity contribution in [3.63, 3.8) is 0 Å². The summed E-state index contributed by atoms with van der Waals surface area (Å²) in [6.45, 7) is -0.135. The van der Waals surface area contributed by atoms with Crippen LogP contribution in [0.3, 0.4) is 0 Å². The first-order valence-corrected chi connectivity index (χ1v) is 5.94. The lowest BCUT2D eigenvalue weighted by Gasteiger charge is -2.14. The van der Waals surface area contributed by atoms with Crippen LogP contribution in [0.1, 0.15) is 21.5 Å². The maximum Gasteiger partial charge on any atom is 0.419 e. The van der Waals surface area contributed by atoms with Gasteiger partial charge in [-0.3, -0.25) is 4.79 Å². The Morgan fingerprint density at radius 3 is 2.29 bits per heavy atom. The molecule has 21 heavy (non-hydrogen) atoms. The molecule has 0 aliphatic rings. The third-order valence-corrected chi connectivity index (χ3v) is 2.75. The van der Waals surface area contributed by atoms with Crippen molar-refractivity contribution in [1.82, 2.24) is 0 Å². The van der Waals surface area contributed by atoms with E-state index >= 15 is 0 Å². The van der Waals surface area contributed by atoms with Gasteiger partial charge in [-0.25, -0.2) is 4.39 Å². The molecule has 0 fully saturated rings. The van der Waals surface area contributed by atoms with Gasteiger partial charge in [-0.15, -0.1) is 0 Å². The van der Waals surface area contributed by atoms with E-state index in [4.69, 9.17) is 4.74 Å². The minimum Gasteiger partial charge on any atom is -0.488 e. The summed E-state index contributed by atoms with van der Waals surface area (Å²) in [6.07, 6.45) is -4.30. The van der Waals surface area contributed by atoms with Gasteiger partial charge in [0.2, 0.25) is 0 Å². The van der Waals surface area contributed by atoms with Crippen LogP contribution in [-0.2, 0) is 12.8 Å². The second-order valence-corrected chi connectivity index (χ2v) is 4.29. The summed E-state index contributed by atoms with van der Waals surface area (Å²) >= 11 is 0. The zero-order valence-electron chi connectivity index (χ0n) is 10.7. The Balaban J connectivity index is 2.23. The molecule has 0 heterocycles. The zero-order chi connectivity index (χ0) is 15.5. The second kappa shape index (κ2) is 5.95. The molecule has 0 aromatic heterocycles. The Morgan fingerprint density at radius 1 is 1.05 bits per heavy atom. The van der Waals surface area contributed by atoms with Crippen molar-refractivity contribution in [1.29, 1.82) is 0 Å². The number of hydrogen-bond donors (Lipinski definition) is 0. The third kappa shape index (κ3) is 3.81. The van der Waals surface area contributed by atoms with E-state index in [1.165, 1.54) is 30.3 Å². The molecule has 0 aliphatic heterocycles. The van der Waals surface area contributed by atoms with Gasteiger partial charge in [0, 0.05) is 5.56 Å². The van der Waals surface area contributed by atoms with Gasteiger partial charge < -0.3 is 4.74 Å². The molecule has 0 aliphatic carbocycles. The van der Waals surface area contributed by atoms with E-state index in [0.717, 1.165) is 12.1 Å². The average Bonchev–Trinajstić information content (AvgIpc) is 2.45. The van der Waals surface area contributed by atoms with E-state index < -0.39 is 17.6 Å². The molecule has 0 bridgehead atoms. The summed E-state index contributed by atoms with van der Waals surface area (Å²) < 4.78 is 56.6. The molecule has 0 saturated carbocycles. The summed E-state index contributed by atoms with van der Waals surface area (Å²) in [5, 5.41) is 0. The van der Waals surface area contributed by atoms with Crippen molar-refractivity contribution in [3.05, 3.63) is 65.0 Å². The number of carbonyl (C=O) groups excluding carboxylic acids is 1. The van der Waals surface area contributed by atoms with E-state index in [1.54, 1.807) is 0 Å². The van der Waals surface area contributed by atoms with Crippen LogP contribution in [0, 0.1) is 5.82 Å². The van der Waals surface area contributed by atoms with Gasteiger partial charge in [0.15, 0.2) is 0 Å². The molecule has 0 amide bonds. The van der Waals surface area contributed by atoms with Crippen molar-refractivity contribution in [2.45, 2.75) is 12.8 Å². The van der Waals surface area contributed by atoms with Crippen molar-refractivity contribution in [2.24, 2.45) is 0 Å². The Bertz CT molecular complexity index is 633. The maximum atomic E-state index is 12.9. The monoisotopic (exact) mass is 298 g/mol. The quantitative estimate of drug-likeness (QED) is 0.623. The lowest BCUT2D eigenvalue weighted by Crippen LogP contribution is -2.09. The molecule has 2 nitrogen and oxygen atoms in total. The maximum absolute atomic E-state index is 12.9. The number of ether oxygens (including phenoxy) is 1. The lowest BCUT2D eigenvalue weighted by atomic mass is 10.1. The van der Waals surface area contributed by atoms with Crippen LogP contribution in [-0.4, -0.2) is 6.29 Å². The summed E-state index contributed by atoms with van der Waals surface area (Å²) in [6, 6.07) is 8.29. The molecule has 2 aromatic carbocycles. The number of halogens is 4. The first-order chi connectivity index (χ1) is 9.90. The van der Waals surface area contributed by atoms with E-state index in [9.17, 15) is 22.4 Å². The van der Waals surface area contributed by atoms with Crippen LogP contribution in [0.15, 0.2) is 42.5 Å². The fourth-order valence-corrected chi connectivity index (χ4v) is 1.71. The number of aldehydes is 1. The van der Waals surface area contributed by atoms with Crippen molar-refractivity contribution in [2.75, 3.05) is 0 Å². The van der Waals surface area contributed by atoms with Crippen molar-refractivity contribution in [3.8, 4) is 5.75 Å². The van der Waals surface area contributed by atoms with Crippen molar-refractivity contribution < 1.29 is 27.1 Å². The molecule has 0 N–H and O–H groups in total. The largest absolute Gasteiger partial charge is 0.488 e. The molecule has 0 unspecified atom stereocenters. The highest BCUT2D eigenvalue weighted by atomic mass is 19.4. The van der Waals surface area contributed by atoms with Gasteiger partial charge in [0.25, 0.3) is 0 Å². The molecule has 0 atom stereocenters. The van der Waals surface area contributed by atoms with Crippen LogP contribution in [0.4, 0.5) is 17.6 Å². The number of benzene rings is 2. The average molecular weight is 298 g/mol. The van der Waals surface area contributed by atoms with E-state index in [0.29, 0.717) is 11.8 Å². The SMILES string of the molecule is O=Cc1ccc(OCc2ccc(F)cc2)c(C(F)(F)F)c1. The summed E-state index contributed by atoms with van der Waals surface area (Å²) in [5.41, 5.74) is -0.574. The summed E-state index contributed by atoms with van der Waals surface area (Å²) in [4.78, 5) is 10.6. The zero-order valence-corrected chi connectivity index (χ0v) is 10.7. The van der Waals surface area contributed by atoms with Gasteiger partial charge in [0.1, 0.15) is 24.5 Å². The predicted octanol–water partition coefficient (Wildman–Crippen LogP) is 4.24. The molecular formula is C15H10F4O2. The topological polar surface area (TPSA) is 26.3 Å². The normalized spacial score (nSPS) is 11.2. The minimum absolute atomic E-state index is 0.0866. The van der Waals surface area contributed by atoms with Crippen LogP contribution >= 0.6 is 0 Å². The lowest BCUT2D eigenvalue weighted by molar-refractivity contribution is -0.139. The molecule has 6 heteroatoms. The van der Waals surface area contributed by atoms with Gasteiger partial charge in [0.05, 0.1) is 5.56 Å².